The lowest BCUT2D eigenvalue weighted by molar-refractivity contribution is 0.235. The van der Waals surface area contributed by atoms with Crippen LogP contribution in [-0.2, 0) is 0 Å². The predicted octanol–water partition coefficient (Wildman–Crippen LogP) is 3.02. The van der Waals surface area contributed by atoms with Crippen LogP contribution < -0.4 is 5.73 Å². The minimum absolute atomic E-state index is 0.342. The van der Waals surface area contributed by atoms with Crippen molar-refractivity contribution in [2.24, 2.45) is 11.1 Å². The molecule has 0 aromatic carbocycles. The average molecular weight is 226 g/mol. The second-order valence-electron chi connectivity index (χ2n) is 6.07. The molecule has 1 rings (SSSR count). The van der Waals surface area contributed by atoms with E-state index in [9.17, 15) is 0 Å². The quantitative estimate of drug-likeness (QED) is 0.676. The molecule has 1 heterocycles. The SMILES string of the molecule is CCC1CCCN1CCCCC(C)(C)CN. The molecule has 0 saturated carbocycles. The smallest absolute Gasteiger partial charge is 0.00931 e. The zero-order valence-corrected chi connectivity index (χ0v) is 11.5. The first kappa shape index (κ1) is 14.0. The molecule has 0 aliphatic carbocycles. The Morgan fingerprint density at radius 3 is 2.69 bits per heavy atom. The fourth-order valence-electron chi connectivity index (χ4n) is 2.67. The highest BCUT2D eigenvalue weighted by atomic mass is 15.2. The molecule has 0 aromatic rings. The van der Waals surface area contributed by atoms with Crippen LogP contribution >= 0.6 is 0 Å². The van der Waals surface area contributed by atoms with Crippen LogP contribution in [0.3, 0.4) is 0 Å². The van der Waals surface area contributed by atoms with E-state index in [0.717, 1.165) is 12.6 Å². The van der Waals surface area contributed by atoms with Gasteiger partial charge < -0.3 is 10.6 Å². The Hall–Kier alpha value is -0.0800. The third kappa shape index (κ3) is 4.42. The molecular weight excluding hydrogens is 196 g/mol. The summed E-state index contributed by atoms with van der Waals surface area (Å²) in [6.07, 6.45) is 8.11. The van der Waals surface area contributed by atoms with Crippen molar-refractivity contribution in [3.63, 3.8) is 0 Å². The van der Waals surface area contributed by atoms with Crippen LogP contribution in [0.5, 0.6) is 0 Å². The summed E-state index contributed by atoms with van der Waals surface area (Å²) in [5.74, 6) is 0. The summed E-state index contributed by atoms with van der Waals surface area (Å²) in [5, 5.41) is 0. The number of hydrogen-bond acceptors (Lipinski definition) is 2. The second-order valence-corrected chi connectivity index (χ2v) is 6.07. The van der Waals surface area contributed by atoms with Gasteiger partial charge in [0.15, 0.2) is 0 Å². The van der Waals surface area contributed by atoms with Gasteiger partial charge in [0.25, 0.3) is 0 Å². The monoisotopic (exact) mass is 226 g/mol. The first-order valence-electron chi connectivity index (χ1n) is 7.03. The molecule has 1 fully saturated rings. The molecule has 1 aliphatic heterocycles. The van der Waals surface area contributed by atoms with E-state index in [0.29, 0.717) is 5.41 Å². The summed E-state index contributed by atoms with van der Waals surface area (Å²) in [6.45, 7) is 10.3. The standard InChI is InChI=1S/C14H30N2/c1-4-13-8-7-11-16(13)10-6-5-9-14(2,3)12-15/h13H,4-12,15H2,1-3H3. The highest BCUT2D eigenvalue weighted by Crippen LogP contribution is 2.23. The van der Waals surface area contributed by atoms with E-state index in [1.807, 2.05) is 0 Å². The third-order valence-corrected chi connectivity index (χ3v) is 4.07. The Balaban J connectivity index is 2.11. The largest absolute Gasteiger partial charge is 0.330 e. The average Bonchev–Trinajstić information content (AvgIpc) is 2.72. The molecule has 1 saturated heterocycles. The van der Waals surface area contributed by atoms with Crippen LogP contribution in [0, 0.1) is 5.41 Å². The normalized spacial score (nSPS) is 22.9. The molecule has 1 unspecified atom stereocenters. The lowest BCUT2D eigenvalue weighted by atomic mass is 9.87. The van der Waals surface area contributed by atoms with Crippen LogP contribution in [0.4, 0.5) is 0 Å². The molecule has 16 heavy (non-hydrogen) atoms. The Morgan fingerprint density at radius 2 is 2.06 bits per heavy atom. The van der Waals surface area contributed by atoms with Gasteiger partial charge in [0.05, 0.1) is 0 Å². The first-order chi connectivity index (χ1) is 7.59. The fourth-order valence-corrected chi connectivity index (χ4v) is 2.67. The van der Waals surface area contributed by atoms with Gasteiger partial charge in [0.2, 0.25) is 0 Å². The van der Waals surface area contributed by atoms with Gasteiger partial charge in [-0.2, -0.15) is 0 Å². The first-order valence-corrected chi connectivity index (χ1v) is 7.03. The van der Waals surface area contributed by atoms with Gasteiger partial charge >= 0.3 is 0 Å². The second kappa shape index (κ2) is 6.61. The van der Waals surface area contributed by atoms with E-state index < -0.39 is 0 Å². The van der Waals surface area contributed by atoms with Crippen molar-refractivity contribution in [2.75, 3.05) is 19.6 Å². The topological polar surface area (TPSA) is 29.3 Å². The molecule has 0 amide bonds. The van der Waals surface area contributed by atoms with Crippen molar-refractivity contribution in [2.45, 2.75) is 65.3 Å². The minimum Gasteiger partial charge on any atom is -0.330 e. The summed E-state index contributed by atoms with van der Waals surface area (Å²) in [7, 11) is 0. The Morgan fingerprint density at radius 1 is 1.31 bits per heavy atom. The summed E-state index contributed by atoms with van der Waals surface area (Å²) in [4.78, 5) is 2.69. The molecule has 2 heteroatoms. The van der Waals surface area contributed by atoms with Gasteiger partial charge in [0, 0.05) is 6.04 Å². The van der Waals surface area contributed by atoms with Gasteiger partial charge in [-0.25, -0.2) is 0 Å². The maximum atomic E-state index is 5.74. The predicted molar refractivity (Wildman–Crippen MR) is 71.6 cm³/mol. The van der Waals surface area contributed by atoms with E-state index in [4.69, 9.17) is 5.73 Å². The van der Waals surface area contributed by atoms with Crippen LogP contribution in [0.25, 0.3) is 0 Å². The van der Waals surface area contributed by atoms with E-state index in [2.05, 4.69) is 25.7 Å². The zero-order chi connectivity index (χ0) is 12.0. The summed E-state index contributed by atoms with van der Waals surface area (Å²) in [6, 6.07) is 0.877. The number of rotatable bonds is 7. The Kier molecular flexibility index (Phi) is 5.77. The van der Waals surface area contributed by atoms with Crippen molar-refractivity contribution in [1.82, 2.24) is 4.90 Å². The maximum absolute atomic E-state index is 5.74. The molecule has 96 valence electrons. The lowest BCUT2D eigenvalue weighted by Gasteiger charge is -2.25. The van der Waals surface area contributed by atoms with Crippen LogP contribution in [-0.4, -0.2) is 30.6 Å². The molecule has 0 spiro atoms. The molecule has 1 atom stereocenters. The molecule has 1 aliphatic rings. The molecule has 0 bridgehead atoms. The summed E-state index contributed by atoms with van der Waals surface area (Å²) < 4.78 is 0. The summed E-state index contributed by atoms with van der Waals surface area (Å²) in [5.41, 5.74) is 6.09. The lowest BCUT2D eigenvalue weighted by Crippen LogP contribution is -2.30. The van der Waals surface area contributed by atoms with Crippen molar-refractivity contribution in [1.29, 1.82) is 0 Å². The maximum Gasteiger partial charge on any atom is 0.00931 e. The number of unbranched alkanes of at least 4 members (excludes halogenated alkanes) is 1. The molecule has 2 N–H and O–H groups in total. The van der Waals surface area contributed by atoms with Crippen molar-refractivity contribution >= 4 is 0 Å². The number of nitrogens with zero attached hydrogens (tertiary/aromatic N) is 1. The highest BCUT2D eigenvalue weighted by Gasteiger charge is 2.22. The summed E-state index contributed by atoms with van der Waals surface area (Å²) >= 11 is 0. The van der Waals surface area contributed by atoms with Gasteiger partial charge in [-0.1, -0.05) is 27.2 Å². The van der Waals surface area contributed by atoms with E-state index >= 15 is 0 Å². The van der Waals surface area contributed by atoms with E-state index in [1.54, 1.807) is 0 Å². The van der Waals surface area contributed by atoms with Crippen LogP contribution in [0.1, 0.15) is 59.3 Å². The third-order valence-electron chi connectivity index (χ3n) is 4.07. The van der Waals surface area contributed by atoms with Crippen molar-refractivity contribution < 1.29 is 0 Å². The van der Waals surface area contributed by atoms with E-state index in [1.165, 1.54) is 51.6 Å². The van der Waals surface area contributed by atoms with Crippen LogP contribution in [0.2, 0.25) is 0 Å². The fraction of sp³-hybridized carbons (Fsp3) is 1.00. The zero-order valence-electron chi connectivity index (χ0n) is 11.5. The van der Waals surface area contributed by atoms with E-state index in [-0.39, 0.29) is 0 Å². The molecule has 2 nitrogen and oxygen atoms in total. The van der Waals surface area contributed by atoms with Crippen molar-refractivity contribution in [3.8, 4) is 0 Å². The van der Waals surface area contributed by atoms with Gasteiger partial charge in [-0.05, 0) is 57.2 Å². The molecule has 0 aromatic heterocycles. The van der Waals surface area contributed by atoms with Gasteiger partial charge in [0.1, 0.15) is 0 Å². The number of nitrogens with two attached hydrogens (primary N) is 1. The number of likely N-dealkylation sites (tertiary alicyclic amines) is 1. The van der Waals surface area contributed by atoms with Crippen LogP contribution in [0.15, 0.2) is 0 Å². The molecule has 0 radical (unpaired) electrons. The highest BCUT2D eigenvalue weighted by molar-refractivity contribution is 4.78. The Bertz CT molecular complexity index is 189. The minimum atomic E-state index is 0.342. The Labute approximate surface area is 102 Å². The van der Waals surface area contributed by atoms with Gasteiger partial charge in [-0.3, -0.25) is 0 Å². The van der Waals surface area contributed by atoms with Gasteiger partial charge in [-0.15, -0.1) is 0 Å². The van der Waals surface area contributed by atoms with Crippen molar-refractivity contribution in [3.05, 3.63) is 0 Å². The molecular formula is C14H30N2. The number of hydrogen-bond donors (Lipinski definition) is 1.